The molecule has 0 spiro atoms. The minimum atomic E-state index is -4.67. The normalized spacial score (nSPS) is 15.5. The van der Waals surface area contributed by atoms with Gasteiger partial charge in [-0.25, -0.2) is 4.39 Å². The van der Waals surface area contributed by atoms with Gasteiger partial charge in [0.15, 0.2) is 10.3 Å². The Morgan fingerprint density at radius 1 is 0.844 bits per heavy atom. The molecule has 0 aliphatic carbocycles. The van der Waals surface area contributed by atoms with Gasteiger partial charge in [0.25, 0.3) is 0 Å². The van der Waals surface area contributed by atoms with E-state index >= 15 is 0 Å². The number of rotatable bonds is 4. The third kappa shape index (κ3) is 7.41. The van der Waals surface area contributed by atoms with Crippen LogP contribution in [0.15, 0.2) is 56.9 Å². The average Bonchev–Trinajstić information content (AvgIpc) is 3.46. The molecule has 11 heteroatoms. The van der Waals surface area contributed by atoms with E-state index in [0.29, 0.717) is 11.7 Å². The van der Waals surface area contributed by atoms with Crippen LogP contribution in [0.5, 0.6) is 0 Å². The highest BCUT2D eigenvalue weighted by molar-refractivity contribution is 9.10. The highest BCUT2D eigenvalue weighted by Gasteiger charge is 2.34. The summed E-state index contributed by atoms with van der Waals surface area (Å²) in [5.41, 5.74) is 0.0190. The maximum atomic E-state index is 13.6. The fourth-order valence-electron chi connectivity index (χ4n) is 2.80. The quantitative estimate of drug-likeness (QED) is 0.482. The van der Waals surface area contributed by atoms with Gasteiger partial charge in [0, 0.05) is 34.6 Å². The van der Waals surface area contributed by atoms with Crippen molar-refractivity contribution in [3.8, 4) is 0 Å². The van der Waals surface area contributed by atoms with Crippen LogP contribution in [0.25, 0.3) is 0 Å². The molecule has 4 rings (SSSR count). The molecule has 2 aliphatic heterocycles. The van der Waals surface area contributed by atoms with Crippen molar-refractivity contribution in [2.45, 2.75) is 19.3 Å². The van der Waals surface area contributed by atoms with Gasteiger partial charge in [0.1, 0.15) is 5.82 Å². The van der Waals surface area contributed by atoms with Gasteiger partial charge in [-0.15, -0.1) is 0 Å². The number of thioether (sulfide) groups is 2. The van der Waals surface area contributed by atoms with Crippen LogP contribution in [0.1, 0.15) is 16.7 Å². The van der Waals surface area contributed by atoms with E-state index in [-0.39, 0.29) is 12.1 Å². The fourth-order valence-corrected chi connectivity index (χ4v) is 4.69. The summed E-state index contributed by atoms with van der Waals surface area (Å²) in [6.45, 7) is 2.47. The third-order valence-electron chi connectivity index (χ3n) is 4.37. The first-order valence-electron chi connectivity index (χ1n) is 9.75. The largest absolute Gasteiger partial charge is 0.419 e. The maximum absolute atomic E-state index is 13.6. The van der Waals surface area contributed by atoms with Crippen LogP contribution in [0.4, 0.5) is 17.6 Å². The van der Waals surface area contributed by atoms with Crippen molar-refractivity contribution < 1.29 is 17.6 Å². The van der Waals surface area contributed by atoms with Gasteiger partial charge < -0.3 is 10.6 Å². The molecule has 2 aromatic rings. The van der Waals surface area contributed by atoms with E-state index in [1.807, 2.05) is 12.1 Å². The second-order valence-electron chi connectivity index (χ2n) is 6.65. The molecule has 0 amide bonds. The molecule has 2 heterocycles. The molecule has 2 aromatic carbocycles. The second-order valence-corrected chi connectivity index (χ2v) is 9.67. The minimum absolute atomic E-state index is 0.00157. The van der Waals surface area contributed by atoms with Gasteiger partial charge in [-0.3, -0.25) is 9.98 Å². The molecule has 4 nitrogen and oxygen atoms in total. The van der Waals surface area contributed by atoms with Crippen molar-refractivity contribution >= 4 is 49.8 Å². The van der Waals surface area contributed by atoms with E-state index in [0.717, 1.165) is 40.3 Å². The average molecular weight is 549 g/mol. The van der Waals surface area contributed by atoms with Gasteiger partial charge in [0.05, 0.1) is 18.7 Å². The fraction of sp³-hybridized carbons (Fsp3) is 0.333. The molecular formula is C21H21BrF4N4S2. The predicted octanol–water partition coefficient (Wildman–Crippen LogP) is 5.68. The molecule has 2 aliphatic rings. The van der Waals surface area contributed by atoms with Gasteiger partial charge in [-0.05, 0) is 17.7 Å². The number of hydrogen-bond acceptors (Lipinski definition) is 6. The summed E-state index contributed by atoms with van der Waals surface area (Å²) in [5.74, 6) is 0.729. The first-order chi connectivity index (χ1) is 15.3. The van der Waals surface area contributed by atoms with Crippen LogP contribution >= 0.6 is 39.5 Å². The Bertz CT molecular complexity index is 983. The summed E-state index contributed by atoms with van der Waals surface area (Å²) >= 11 is 6.78. The SMILES string of the molecule is Brc1ccccc1CNC1=NCCS1.Fc1c(CNC2=NCCS2)cccc1C(F)(F)F. The van der Waals surface area contributed by atoms with Crippen molar-refractivity contribution in [2.24, 2.45) is 9.98 Å². The highest BCUT2D eigenvalue weighted by Crippen LogP contribution is 2.32. The summed E-state index contributed by atoms with van der Waals surface area (Å²) in [7, 11) is 0. The zero-order valence-corrected chi connectivity index (χ0v) is 20.1. The van der Waals surface area contributed by atoms with Crippen molar-refractivity contribution in [3.05, 3.63) is 69.4 Å². The second kappa shape index (κ2) is 11.9. The molecule has 0 unspecified atom stereocenters. The van der Waals surface area contributed by atoms with Crippen LogP contribution in [0.2, 0.25) is 0 Å². The summed E-state index contributed by atoms with van der Waals surface area (Å²) in [6.07, 6.45) is -4.67. The molecular weight excluding hydrogens is 528 g/mol. The van der Waals surface area contributed by atoms with Gasteiger partial charge in [0.2, 0.25) is 0 Å². The van der Waals surface area contributed by atoms with Crippen LogP contribution in [-0.4, -0.2) is 34.9 Å². The van der Waals surface area contributed by atoms with Crippen LogP contribution in [0.3, 0.4) is 0 Å². The molecule has 0 bridgehead atoms. The molecule has 0 aromatic heterocycles. The Morgan fingerprint density at radius 3 is 1.94 bits per heavy atom. The molecule has 0 saturated heterocycles. The number of halogens is 5. The Balaban J connectivity index is 0.000000186. The Kier molecular flexibility index (Phi) is 9.30. The third-order valence-corrected chi connectivity index (χ3v) is 7.01. The lowest BCUT2D eigenvalue weighted by Crippen LogP contribution is -2.20. The molecule has 0 atom stereocenters. The number of hydrogen-bond donors (Lipinski definition) is 2. The van der Waals surface area contributed by atoms with Crippen LogP contribution in [0, 0.1) is 5.82 Å². The minimum Gasteiger partial charge on any atom is -0.361 e. The van der Waals surface area contributed by atoms with E-state index in [1.54, 1.807) is 11.8 Å². The Morgan fingerprint density at radius 2 is 1.41 bits per heavy atom. The lowest BCUT2D eigenvalue weighted by Gasteiger charge is -2.12. The molecule has 0 saturated carbocycles. The number of nitrogens with one attached hydrogen (secondary N) is 2. The smallest absolute Gasteiger partial charge is 0.361 e. The summed E-state index contributed by atoms with van der Waals surface area (Å²) in [4.78, 5) is 8.41. The van der Waals surface area contributed by atoms with E-state index in [4.69, 9.17) is 0 Å². The summed E-state index contributed by atoms with van der Waals surface area (Å²) in [6, 6.07) is 11.5. The van der Waals surface area contributed by atoms with E-state index in [2.05, 4.69) is 48.7 Å². The summed E-state index contributed by atoms with van der Waals surface area (Å²) in [5, 5.41) is 7.86. The van der Waals surface area contributed by atoms with Gasteiger partial charge in [-0.1, -0.05) is 69.8 Å². The standard InChI is InChI=1S/C11H10F4N2S.C10H11BrN2S/c12-9-7(6-17-10-16-4-5-18-10)2-1-3-8(9)11(13,14)15;11-9-4-2-1-3-8(9)7-13-10-12-5-6-14-10/h1-3H,4-6H2,(H,16,17);1-4H,5-7H2,(H,12,13). The van der Waals surface area contributed by atoms with Crippen LogP contribution in [-0.2, 0) is 19.3 Å². The van der Waals surface area contributed by atoms with Crippen LogP contribution < -0.4 is 10.6 Å². The molecule has 2 N–H and O–H groups in total. The summed E-state index contributed by atoms with van der Waals surface area (Å²) < 4.78 is 52.2. The molecule has 0 fully saturated rings. The number of aliphatic imine (C=N–C) groups is 2. The first kappa shape index (κ1) is 24.9. The topological polar surface area (TPSA) is 48.8 Å². The van der Waals surface area contributed by atoms with Gasteiger partial charge >= 0.3 is 6.18 Å². The number of benzene rings is 2. The van der Waals surface area contributed by atoms with Crippen molar-refractivity contribution in [2.75, 3.05) is 24.6 Å². The highest BCUT2D eigenvalue weighted by atomic mass is 79.9. The van der Waals surface area contributed by atoms with Crippen molar-refractivity contribution in [1.29, 1.82) is 0 Å². The van der Waals surface area contributed by atoms with E-state index < -0.39 is 17.6 Å². The zero-order valence-electron chi connectivity index (χ0n) is 16.9. The van der Waals surface area contributed by atoms with Crippen molar-refractivity contribution in [3.63, 3.8) is 0 Å². The van der Waals surface area contributed by atoms with Gasteiger partial charge in [-0.2, -0.15) is 13.2 Å². The Labute approximate surface area is 200 Å². The molecule has 0 radical (unpaired) electrons. The number of alkyl halides is 3. The Hall–Kier alpha value is -1.72. The monoisotopic (exact) mass is 548 g/mol. The lowest BCUT2D eigenvalue weighted by atomic mass is 10.1. The van der Waals surface area contributed by atoms with Crippen molar-refractivity contribution in [1.82, 2.24) is 10.6 Å². The lowest BCUT2D eigenvalue weighted by molar-refractivity contribution is -0.140. The number of amidine groups is 2. The predicted molar refractivity (Wildman–Crippen MR) is 129 cm³/mol. The first-order valence-corrected chi connectivity index (χ1v) is 12.5. The van der Waals surface area contributed by atoms with E-state index in [9.17, 15) is 17.6 Å². The van der Waals surface area contributed by atoms with E-state index in [1.165, 1.54) is 29.5 Å². The number of nitrogens with zero attached hydrogens (tertiary/aromatic N) is 2. The zero-order chi connectivity index (χ0) is 23.0. The molecule has 172 valence electrons. The maximum Gasteiger partial charge on any atom is 0.419 e. The molecule has 32 heavy (non-hydrogen) atoms.